The van der Waals surface area contributed by atoms with Crippen LogP contribution in [0.5, 0.6) is 0 Å². The highest BCUT2D eigenvalue weighted by molar-refractivity contribution is 7.80. The Kier molecular flexibility index (Phi) is 5.16. The van der Waals surface area contributed by atoms with E-state index < -0.39 is 34.8 Å². The van der Waals surface area contributed by atoms with Crippen LogP contribution in [-0.4, -0.2) is 27.9 Å². The molecule has 0 aromatic heterocycles. The Morgan fingerprint density at radius 3 is 2.26 bits per heavy atom. The molecule has 3 N–H and O–H groups in total. The average Bonchev–Trinajstić information content (AvgIpc) is 2.61. The van der Waals surface area contributed by atoms with Gasteiger partial charge in [0.05, 0.1) is 6.04 Å². The second-order valence-corrected chi connectivity index (χ2v) is 6.94. The summed E-state index contributed by atoms with van der Waals surface area (Å²) in [6.07, 6.45) is -5.15. The number of hydrogen-bond acceptors (Lipinski definition) is 3. The molecule has 0 spiro atoms. The molecule has 0 aliphatic carbocycles. The molecule has 2 aromatic carbocycles. The first kappa shape index (κ1) is 19.6. The number of benzene rings is 2. The van der Waals surface area contributed by atoms with E-state index in [9.17, 15) is 23.1 Å². The van der Waals surface area contributed by atoms with Crippen LogP contribution < -0.4 is 10.6 Å². The maximum atomic E-state index is 13.8. The molecule has 1 fully saturated rings. The highest BCUT2D eigenvalue weighted by atomic mass is 35.5. The Hall–Kier alpha value is -2.16. The number of halogens is 4. The van der Waals surface area contributed by atoms with Crippen LogP contribution in [0.1, 0.15) is 22.0 Å². The standard InChI is InChI=1S/C18H14ClF3N2O2S/c19-12-8-6-10(7-9-12)14-13(15(25)11-4-2-1-3-5-11)17(26,18(20,21)22)24-16(27)23-14/h1-9,13-14,26H,(H2,23,24,27)/t13-,14+,17-/m0/s1. The minimum atomic E-state index is -5.15. The molecule has 142 valence electrons. The van der Waals surface area contributed by atoms with Crippen LogP contribution in [0.4, 0.5) is 13.2 Å². The van der Waals surface area contributed by atoms with Gasteiger partial charge in [0.15, 0.2) is 10.9 Å². The monoisotopic (exact) mass is 414 g/mol. The third kappa shape index (κ3) is 3.65. The van der Waals surface area contributed by atoms with Crippen LogP contribution >= 0.6 is 23.8 Å². The van der Waals surface area contributed by atoms with E-state index in [1.807, 2.05) is 5.32 Å². The van der Waals surface area contributed by atoms with E-state index in [0.29, 0.717) is 10.6 Å². The van der Waals surface area contributed by atoms with Crippen molar-refractivity contribution in [2.45, 2.75) is 17.9 Å². The molecule has 9 heteroatoms. The summed E-state index contributed by atoms with van der Waals surface area (Å²) in [6, 6.07) is 12.2. The minimum absolute atomic E-state index is 0.0422. The van der Waals surface area contributed by atoms with E-state index >= 15 is 0 Å². The van der Waals surface area contributed by atoms with Crippen LogP contribution in [-0.2, 0) is 0 Å². The zero-order valence-electron chi connectivity index (χ0n) is 13.6. The van der Waals surface area contributed by atoms with Crippen molar-refractivity contribution in [1.82, 2.24) is 10.6 Å². The van der Waals surface area contributed by atoms with Gasteiger partial charge in [0.25, 0.3) is 0 Å². The first-order valence-corrected chi connectivity index (χ1v) is 8.64. The third-order valence-electron chi connectivity index (χ3n) is 4.38. The topological polar surface area (TPSA) is 61.4 Å². The van der Waals surface area contributed by atoms with Gasteiger partial charge in [-0.1, -0.05) is 54.1 Å². The van der Waals surface area contributed by atoms with Crippen molar-refractivity contribution >= 4 is 34.7 Å². The number of carbonyl (C=O) groups is 1. The molecule has 1 aliphatic rings. The quantitative estimate of drug-likeness (QED) is 0.529. The van der Waals surface area contributed by atoms with Gasteiger partial charge in [0.2, 0.25) is 5.72 Å². The van der Waals surface area contributed by atoms with Crippen molar-refractivity contribution in [2.75, 3.05) is 0 Å². The predicted molar refractivity (Wildman–Crippen MR) is 98.3 cm³/mol. The summed E-state index contributed by atoms with van der Waals surface area (Å²) < 4.78 is 41.4. The van der Waals surface area contributed by atoms with Crippen molar-refractivity contribution in [1.29, 1.82) is 0 Å². The minimum Gasteiger partial charge on any atom is -0.363 e. The fraction of sp³-hybridized carbons (Fsp3) is 0.222. The Bertz CT molecular complexity index is 861. The number of ketones is 1. The first-order chi connectivity index (χ1) is 12.6. The molecule has 0 saturated carbocycles. The lowest BCUT2D eigenvalue weighted by Crippen LogP contribution is -2.72. The molecular weight excluding hydrogens is 401 g/mol. The van der Waals surface area contributed by atoms with Crippen molar-refractivity contribution in [3.05, 3.63) is 70.7 Å². The lowest BCUT2D eigenvalue weighted by molar-refractivity contribution is -0.285. The van der Waals surface area contributed by atoms with Crippen molar-refractivity contribution < 1.29 is 23.1 Å². The molecule has 0 unspecified atom stereocenters. The molecule has 0 radical (unpaired) electrons. The number of Topliss-reactive ketones (excluding diaryl/α,β-unsaturated/α-hetero) is 1. The Morgan fingerprint density at radius 2 is 1.70 bits per heavy atom. The van der Waals surface area contributed by atoms with E-state index in [4.69, 9.17) is 23.8 Å². The summed E-state index contributed by atoms with van der Waals surface area (Å²) in [4.78, 5) is 13.0. The van der Waals surface area contributed by atoms with Crippen LogP contribution in [0.2, 0.25) is 5.02 Å². The summed E-state index contributed by atoms with van der Waals surface area (Å²) in [5.41, 5.74) is -3.16. The molecule has 1 aliphatic heterocycles. The summed E-state index contributed by atoms with van der Waals surface area (Å²) in [6.45, 7) is 0. The lowest BCUT2D eigenvalue weighted by atomic mass is 9.77. The van der Waals surface area contributed by atoms with E-state index in [1.165, 1.54) is 48.5 Å². The van der Waals surface area contributed by atoms with Gasteiger partial charge in [-0.3, -0.25) is 4.79 Å². The van der Waals surface area contributed by atoms with E-state index in [2.05, 4.69) is 5.32 Å². The molecule has 1 saturated heterocycles. The highest BCUT2D eigenvalue weighted by Crippen LogP contribution is 2.44. The molecule has 0 amide bonds. The smallest absolute Gasteiger partial charge is 0.363 e. The summed E-state index contributed by atoms with van der Waals surface area (Å²) in [7, 11) is 0. The second-order valence-electron chi connectivity index (χ2n) is 6.10. The highest BCUT2D eigenvalue weighted by Gasteiger charge is 2.65. The van der Waals surface area contributed by atoms with Crippen LogP contribution in [0.15, 0.2) is 54.6 Å². The van der Waals surface area contributed by atoms with Gasteiger partial charge in [-0.05, 0) is 29.9 Å². The Morgan fingerprint density at radius 1 is 1.11 bits per heavy atom. The van der Waals surface area contributed by atoms with Gasteiger partial charge in [0.1, 0.15) is 5.92 Å². The maximum Gasteiger partial charge on any atom is 0.437 e. The van der Waals surface area contributed by atoms with Crippen LogP contribution in [0.25, 0.3) is 0 Å². The van der Waals surface area contributed by atoms with Gasteiger partial charge in [0, 0.05) is 10.6 Å². The molecule has 3 rings (SSSR count). The average molecular weight is 415 g/mol. The van der Waals surface area contributed by atoms with Crippen molar-refractivity contribution in [3.8, 4) is 0 Å². The molecule has 3 atom stereocenters. The lowest BCUT2D eigenvalue weighted by Gasteiger charge is -2.46. The van der Waals surface area contributed by atoms with E-state index in [-0.39, 0.29) is 5.56 Å². The number of carbonyl (C=O) groups excluding carboxylic acids is 1. The normalized spacial score (nSPS) is 25.4. The van der Waals surface area contributed by atoms with Gasteiger partial charge < -0.3 is 15.7 Å². The van der Waals surface area contributed by atoms with Crippen molar-refractivity contribution in [3.63, 3.8) is 0 Å². The van der Waals surface area contributed by atoms with Gasteiger partial charge >= 0.3 is 6.18 Å². The van der Waals surface area contributed by atoms with E-state index in [1.54, 1.807) is 6.07 Å². The largest absolute Gasteiger partial charge is 0.437 e. The fourth-order valence-electron chi connectivity index (χ4n) is 3.07. The molecule has 1 heterocycles. The number of hydrogen-bond donors (Lipinski definition) is 3. The SMILES string of the molecule is O=C(c1ccccc1)[C@@H]1[C@@H](c2ccc(Cl)cc2)NC(=S)N[C@@]1(O)C(F)(F)F. The van der Waals surface area contributed by atoms with Gasteiger partial charge in [-0.25, -0.2) is 0 Å². The Labute approximate surface area is 163 Å². The fourth-order valence-corrected chi connectivity index (χ4v) is 3.48. The summed E-state index contributed by atoms with van der Waals surface area (Å²) in [5.74, 6) is -2.80. The summed E-state index contributed by atoms with van der Waals surface area (Å²) in [5, 5.41) is 15.0. The number of rotatable bonds is 3. The van der Waals surface area contributed by atoms with Gasteiger partial charge in [-0.15, -0.1) is 0 Å². The number of thiocarbonyl (C=S) groups is 1. The zero-order chi connectivity index (χ0) is 19.8. The molecule has 4 nitrogen and oxygen atoms in total. The van der Waals surface area contributed by atoms with Crippen molar-refractivity contribution in [2.24, 2.45) is 5.92 Å². The Balaban J connectivity index is 2.15. The molecule has 27 heavy (non-hydrogen) atoms. The molecule has 2 aromatic rings. The second kappa shape index (κ2) is 7.10. The third-order valence-corrected chi connectivity index (χ3v) is 4.85. The molecule has 0 bridgehead atoms. The number of nitrogens with one attached hydrogen (secondary N) is 2. The molecular formula is C18H14ClF3N2O2S. The number of aliphatic hydroxyl groups is 1. The van der Waals surface area contributed by atoms with Crippen LogP contribution in [0, 0.1) is 5.92 Å². The van der Waals surface area contributed by atoms with Crippen LogP contribution in [0.3, 0.4) is 0 Å². The number of alkyl halides is 3. The zero-order valence-corrected chi connectivity index (χ0v) is 15.2. The van der Waals surface area contributed by atoms with E-state index in [0.717, 1.165) is 0 Å². The maximum absolute atomic E-state index is 13.8. The first-order valence-electron chi connectivity index (χ1n) is 7.86. The summed E-state index contributed by atoms with van der Waals surface area (Å²) >= 11 is 10.7. The predicted octanol–water partition coefficient (Wildman–Crippen LogP) is 3.61. The van der Waals surface area contributed by atoms with Gasteiger partial charge in [-0.2, -0.15) is 13.2 Å².